The molecule has 0 unspecified atom stereocenters. The van der Waals surface area contributed by atoms with E-state index in [0.717, 1.165) is 37.5 Å². The van der Waals surface area contributed by atoms with Crippen molar-refractivity contribution >= 4 is 23.3 Å². The lowest BCUT2D eigenvalue weighted by atomic mass is 10.0. The van der Waals surface area contributed by atoms with E-state index in [1.165, 1.54) is 70.3 Å². The molecule has 2 rings (SSSR count). The molecule has 43 heavy (non-hydrogen) atoms. The van der Waals surface area contributed by atoms with Crippen LogP contribution in [0.2, 0.25) is 0 Å². The van der Waals surface area contributed by atoms with Gasteiger partial charge < -0.3 is 19.5 Å². The summed E-state index contributed by atoms with van der Waals surface area (Å²) in [6.45, 7) is 1.97. The van der Waals surface area contributed by atoms with Crippen molar-refractivity contribution in [1.82, 2.24) is 0 Å². The molecule has 0 bridgehead atoms. The Kier molecular flexibility index (Phi) is 15.1. The monoisotopic (exact) mass is 611 g/mol. The first kappa shape index (κ1) is 30.0. The first-order valence-corrected chi connectivity index (χ1v) is 15.4. The molecule has 0 saturated carbocycles. The van der Waals surface area contributed by atoms with E-state index in [0.29, 0.717) is 6.42 Å². The molecular formula is C34H48F3NO5. The van der Waals surface area contributed by atoms with Gasteiger partial charge in [-0.3, -0.25) is 4.79 Å². The summed E-state index contributed by atoms with van der Waals surface area (Å²) in [6, 6.07) is 1.28. The first-order valence-electron chi connectivity index (χ1n) is 17.4. The topological polar surface area (TPSA) is 73.9 Å². The number of alkyl halides is 3. The van der Waals surface area contributed by atoms with Crippen molar-refractivity contribution in [3.8, 4) is 0 Å². The molecule has 0 aliphatic carbocycles. The van der Waals surface area contributed by atoms with E-state index in [1.54, 1.807) is 0 Å². The number of hydrogen-bond donors (Lipinski definition) is 1. The van der Waals surface area contributed by atoms with Gasteiger partial charge in [-0.1, -0.05) is 102 Å². The summed E-state index contributed by atoms with van der Waals surface area (Å²) in [5.74, 6) is -1.42. The predicted molar refractivity (Wildman–Crippen MR) is 164 cm³/mol. The van der Waals surface area contributed by atoms with Gasteiger partial charge in [-0.15, -0.1) is 0 Å². The number of rotatable bonds is 23. The average molecular weight is 612 g/mol. The molecular weight excluding hydrogens is 559 g/mol. The summed E-state index contributed by atoms with van der Waals surface area (Å²) in [6.07, 6.45) is 11.6. The van der Waals surface area contributed by atoms with E-state index in [9.17, 15) is 22.8 Å². The zero-order valence-corrected chi connectivity index (χ0v) is 25.2. The van der Waals surface area contributed by atoms with Crippen LogP contribution in [0.25, 0.3) is 0 Å². The van der Waals surface area contributed by atoms with Crippen molar-refractivity contribution in [2.75, 3.05) is 31.7 Å². The molecule has 2 aromatic carbocycles. The molecule has 0 spiro atoms. The van der Waals surface area contributed by atoms with Gasteiger partial charge in [0, 0.05) is 12.1 Å². The maximum atomic E-state index is 13.2. The Morgan fingerprint density at radius 3 is 2.00 bits per heavy atom. The maximum absolute atomic E-state index is 13.2. The summed E-state index contributed by atoms with van der Waals surface area (Å²) >= 11 is 0. The highest BCUT2D eigenvalue weighted by atomic mass is 19.4. The van der Waals surface area contributed by atoms with Crippen LogP contribution < -0.4 is 5.32 Å². The van der Waals surface area contributed by atoms with Crippen molar-refractivity contribution in [3.63, 3.8) is 0 Å². The van der Waals surface area contributed by atoms with Gasteiger partial charge in [0.2, 0.25) is 0 Å². The van der Waals surface area contributed by atoms with E-state index >= 15 is 0 Å². The second-order valence-corrected chi connectivity index (χ2v) is 10.4. The molecule has 240 valence electrons. The summed E-state index contributed by atoms with van der Waals surface area (Å²) in [7, 11) is 0. The molecule has 0 saturated heterocycles. The zero-order valence-electron chi connectivity index (χ0n) is 29.2. The fourth-order valence-electron chi connectivity index (χ4n) is 4.42. The van der Waals surface area contributed by atoms with Gasteiger partial charge in [0.25, 0.3) is 0 Å². The predicted octanol–water partition coefficient (Wildman–Crippen LogP) is 9.65. The quantitative estimate of drug-likeness (QED) is 0.0996. The minimum atomic E-state index is -4.64. The first-order chi connectivity index (χ1) is 22.5. The van der Waals surface area contributed by atoms with Crippen LogP contribution in [0.4, 0.5) is 24.5 Å². The Morgan fingerprint density at radius 2 is 1.37 bits per heavy atom. The maximum Gasteiger partial charge on any atom is 0.416 e. The van der Waals surface area contributed by atoms with Gasteiger partial charge in [0.05, 0.1) is 35.5 Å². The number of ether oxygens (including phenoxy) is 3. The SMILES string of the molecule is [2H]c1c([2H])c([2H])c(C(=O)OCCOCCOC(=O)CCCCCCCCCCCCCCC)c(Nc2cccc(C(F)(F)F)c2)c1[2H]. The Morgan fingerprint density at radius 1 is 0.791 bits per heavy atom. The third kappa shape index (κ3) is 16.4. The van der Waals surface area contributed by atoms with E-state index in [-0.39, 0.29) is 38.1 Å². The highest BCUT2D eigenvalue weighted by Crippen LogP contribution is 2.32. The van der Waals surface area contributed by atoms with E-state index in [4.69, 9.17) is 19.7 Å². The largest absolute Gasteiger partial charge is 0.463 e. The number of esters is 2. The number of para-hydroxylation sites is 1. The molecule has 0 atom stereocenters. The third-order valence-corrected chi connectivity index (χ3v) is 6.79. The number of carbonyl (C=O) groups is 2. The van der Waals surface area contributed by atoms with Crippen LogP contribution in [0, 0.1) is 0 Å². The van der Waals surface area contributed by atoms with Gasteiger partial charge in [-0.2, -0.15) is 13.2 Å². The molecule has 9 heteroatoms. The van der Waals surface area contributed by atoms with E-state index in [1.807, 2.05) is 0 Å². The highest BCUT2D eigenvalue weighted by Gasteiger charge is 2.30. The van der Waals surface area contributed by atoms with Crippen molar-refractivity contribution in [3.05, 3.63) is 59.6 Å². The normalized spacial score (nSPS) is 12.7. The number of nitrogens with one attached hydrogen (secondary N) is 1. The lowest BCUT2D eigenvalue weighted by Crippen LogP contribution is -2.15. The van der Waals surface area contributed by atoms with Gasteiger partial charge in [-0.05, 0) is 36.7 Å². The van der Waals surface area contributed by atoms with Crippen molar-refractivity contribution in [2.24, 2.45) is 0 Å². The van der Waals surface area contributed by atoms with Crippen LogP contribution in [0.5, 0.6) is 0 Å². The number of carbonyl (C=O) groups excluding carboxylic acids is 2. The molecule has 0 aliphatic heterocycles. The summed E-state index contributed by atoms with van der Waals surface area (Å²) < 4.78 is 87.3. The highest BCUT2D eigenvalue weighted by molar-refractivity contribution is 5.96. The van der Waals surface area contributed by atoms with Crippen LogP contribution in [0.3, 0.4) is 0 Å². The molecule has 1 N–H and O–H groups in total. The summed E-state index contributed by atoms with van der Waals surface area (Å²) in [4.78, 5) is 24.8. The smallest absolute Gasteiger partial charge is 0.416 e. The summed E-state index contributed by atoms with van der Waals surface area (Å²) in [5.41, 5.74) is -2.09. The Bertz CT molecular complexity index is 1260. The fraction of sp³-hybridized carbons (Fsp3) is 0.588. The molecule has 6 nitrogen and oxygen atoms in total. The number of benzene rings is 2. The second kappa shape index (κ2) is 21.6. The van der Waals surface area contributed by atoms with Crippen molar-refractivity contribution in [1.29, 1.82) is 0 Å². The molecule has 0 radical (unpaired) electrons. The van der Waals surface area contributed by atoms with Crippen LogP contribution in [-0.2, 0) is 25.2 Å². The van der Waals surface area contributed by atoms with Crippen molar-refractivity contribution in [2.45, 2.75) is 103 Å². The average Bonchev–Trinajstić information content (AvgIpc) is 3.04. The Hall–Kier alpha value is -3.07. The Labute approximate surface area is 260 Å². The molecule has 0 amide bonds. The molecule has 0 aromatic heterocycles. The van der Waals surface area contributed by atoms with Crippen LogP contribution in [0.15, 0.2) is 48.4 Å². The lowest BCUT2D eigenvalue weighted by molar-refractivity contribution is -0.145. The summed E-state index contributed by atoms with van der Waals surface area (Å²) in [5, 5.41) is 2.52. The van der Waals surface area contributed by atoms with Crippen LogP contribution in [0.1, 0.15) is 118 Å². The van der Waals surface area contributed by atoms with E-state index < -0.39 is 53.1 Å². The molecule has 0 aliphatic rings. The van der Waals surface area contributed by atoms with Crippen LogP contribution >= 0.6 is 0 Å². The van der Waals surface area contributed by atoms with Gasteiger partial charge in [-0.25, -0.2) is 4.79 Å². The minimum Gasteiger partial charge on any atom is -0.463 e. The van der Waals surface area contributed by atoms with Gasteiger partial charge >= 0.3 is 18.1 Å². The lowest BCUT2D eigenvalue weighted by Gasteiger charge is -2.13. The van der Waals surface area contributed by atoms with E-state index in [2.05, 4.69) is 12.2 Å². The third-order valence-electron chi connectivity index (χ3n) is 6.79. The number of anilines is 2. The number of hydrogen-bond acceptors (Lipinski definition) is 6. The molecule has 0 heterocycles. The fourth-order valence-corrected chi connectivity index (χ4v) is 4.42. The zero-order chi connectivity index (χ0) is 34.7. The van der Waals surface area contributed by atoms with Gasteiger partial charge in [0.15, 0.2) is 0 Å². The van der Waals surface area contributed by atoms with Crippen molar-refractivity contribution < 1.29 is 42.5 Å². The van der Waals surface area contributed by atoms with Gasteiger partial charge in [0.1, 0.15) is 13.2 Å². The number of unbranched alkanes of at least 4 members (excludes halogenated alkanes) is 12. The Balaban J connectivity index is 1.66. The molecule has 2 aromatic rings. The van der Waals surface area contributed by atoms with Crippen LogP contribution in [-0.4, -0.2) is 38.4 Å². The number of halogens is 3. The second-order valence-electron chi connectivity index (χ2n) is 10.4. The standard InChI is InChI=1S/C34H48F3NO5/c1-2-3-4-5-6-7-8-9-10-11-12-13-14-22-32(39)42-25-23-41-24-26-43-33(40)30-20-15-16-21-31(30)38-29-19-17-18-28(27-29)34(35,36)37/h15-21,27,38H,2-14,22-26H2,1H3/i15D,16D,20D,21D. The minimum absolute atomic E-state index is 0.0303. The molecule has 0 fully saturated rings.